The number of carbonyl (C=O) groups excluding carboxylic acids is 1. The molecule has 3 aromatic rings. The third-order valence-electron chi connectivity index (χ3n) is 8.84. The molecule has 1 aliphatic carbocycles. The second kappa shape index (κ2) is 9.86. The molecular weight excluding hydrogens is 462 g/mol. The Morgan fingerprint density at radius 3 is 2.54 bits per heavy atom. The number of anilines is 1. The Morgan fingerprint density at radius 1 is 1.03 bits per heavy atom. The van der Waals surface area contributed by atoms with Gasteiger partial charge in [0.25, 0.3) is 0 Å². The summed E-state index contributed by atoms with van der Waals surface area (Å²) in [7, 11) is 1.76. The molecule has 192 valence electrons. The number of benzene rings is 3. The zero-order chi connectivity index (χ0) is 25.4. The van der Waals surface area contributed by atoms with Crippen LogP contribution in [0.2, 0.25) is 0 Å². The van der Waals surface area contributed by atoms with Crippen LogP contribution in [0.1, 0.15) is 59.8 Å². The van der Waals surface area contributed by atoms with Gasteiger partial charge in [-0.2, -0.15) is 0 Å². The molecule has 1 unspecified atom stereocenters. The maximum absolute atomic E-state index is 11.2. The van der Waals surface area contributed by atoms with Gasteiger partial charge in [0.1, 0.15) is 17.8 Å². The van der Waals surface area contributed by atoms with Gasteiger partial charge in [0, 0.05) is 42.2 Å². The van der Waals surface area contributed by atoms with Gasteiger partial charge in [-0.25, -0.2) is 0 Å². The minimum Gasteiger partial charge on any atom is -0.508 e. The highest BCUT2D eigenvalue weighted by atomic mass is 16.5. The van der Waals surface area contributed by atoms with Crippen LogP contribution < -0.4 is 9.64 Å². The maximum Gasteiger partial charge on any atom is 0.125 e. The summed E-state index contributed by atoms with van der Waals surface area (Å²) in [6.45, 7) is 2.38. The quantitative estimate of drug-likeness (QED) is 0.449. The molecule has 5 heteroatoms. The lowest BCUT2D eigenvalue weighted by Crippen LogP contribution is -2.44. The number of rotatable bonds is 5. The van der Waals surface area contributed by atoms with Crippen LogP contribution in [0, 0.1) is 5.92 Å². The topological polar surface area (TPSA) is 59.0 Å². The van der Waals surface area contributed by atoms with E-state index in [0.29, 0.717) is 18.3 Å². The number of methoxy groups -OCH3 is 1. The number of hydrogen-bond acceptors (Lipinski definition) is 5. The zero-order valence-corrected chi connectivity index (χ0v) is 21.4. The van der Waals surface area contributed by atoms with Gasteiger partial charge in [0.05, 0.1) is 19.3 Å². The van der Waals surface area contributed by atoms with E-state index in [-0.39, 0.29) is 17.4 Å². The Morgan fingerprint density at radius 2 is 1.81 bits per heavy atom. The van der Waals surface area contributed by atoms with Crippen molar-refractivity contribution in [2.45, 2.75) is 49.5 Å². The molecule has 37 heavy (non-hydrogen) atoms. The number of hydrogen-bond donors (Lipinski definition) is 1. The van der Waals surface area contributed by atoms with Crippen molar-refractivity contribution in [3.8, 4) is 11.5 Å². The first-order valence-electron chi connectivity index (χ1n) is 13.5. The minimum absolute atomic E-state index is 0.0452. The minimum atomic E-state index is -0.133. The molecule has 0 aromatic heterocycles. The molecule has 3 atom stereocenters. The first kappa shape index (κ1) is 24.1. The second-order valence-electron chi connectivity index (χ2n) is 10.9. The highest BCUT2D eigenvalue weighted by Gasteiger charge is 2.43. The lowest BCUT2D eigenvalue weighted by atomic mass is 9.69. The number of phenols is 1. The Kier molecular flexibility index (Phi) is 6.41. The summed E-state index contributed by atoms with van der Waals surface area (Å²) in [5.74, 6) is 1.75. The summed E-state index contributed by atoms with van der Waals surface area (Å²) in [5.41, 5.74) is 6.05. The van der Waals surface area contributed by atoms with E-state index in [1.807, 2.05) is 12.1 Å². The molecule has 2 heterocycles. The van der Waals surface area contributed by atoms with Gasteiger partial charge in [-0.05, 0) is 72.9 Å². The van der Waals surface area contributed by atoms with Gasteiger partial charge in [-0.1, -0.05) is 42.5 Å². The van der Waals surface area contributed by atoms with Crippen LogP contribution in [0.25, 0.3) is 0 Å². The van der Waals surface area contributed by atoms with Crippen molar-refractivity contribution in [3.05, 3.63) is 89.0 Å². The molecule has 2 aliphatic heterocycles. The number of carbonyl (C=O) groups is 1. The summed E-state index contributed by atoms with van der Waals surface area (Å²) in [4.78, 5) is 13.7. The predicted octanol–water partition coefficient (Wildman–Crippen LogP) is 5.84. The second-order valence-corrected chi connectivity index (χ2v) is 10.9. The predicted molar refractivity (Wildman–Crippen MR) is 145 cm³/mol. The van der Waals surface area contributed by atoms with E-state index in [9.17, 15) is 9.90 Å². The van der Waals surface area contributed by atoms with Crippen molar-refractivity contribution in [1.29, 1.82) is 0 Å². The molecule has 1 N–H and O–H groups in total. The van der Waals surface area contributed by atoms with E-state index in [4.69, 9.17) is 9.47 Å². The van der Waals surface area contributed by atoms with Crippen molar-refractivity contribution in [1.82, 2.24) is 0 Å². The molecule has 2 fully saturated rings. The molecular formula is C32H35NO4. The van der Waals surface area contributed by atoms with Crippen molar-refractivity contribution < 1.29 is 19.4 Å². The van der Waals surface area contributed by atoms with Gasteiger partial charge < -0.3 is 24.3 Å². The summed E-state index contributed by atoms with van der Waals surface area (Å²) in [6, 6.07) is 23.3. The van der Waals surface area contributed by atoms with Crippen LogP contribution in [0.4, 0.5) is 5.69 Å². The highest BCUT2D eigenvalue weighted by Crippen LogP contribution is 2.50. The van der Waals surface area contributed by atoms with Crippen LogP contribution in [0.15, 0.2) is 66.7 Å². The molecule has 0 radical (unpaired) electrons. The van der Waals surface area contributed by atoms with Crippen molar-refractivity contribution in [2.75, 3.05) is 31.7 Å². The average molecular weight is 498 g/mol. The molecule has 0 bridgehead atoms. The Hall–Kier alpha value is -3.31. The largest absolute Gasteiger partial charge is 0.508 e. The van der Waals surface area contributed by atoms with E-state index < -0.39 is 0 Å². The third-order valence-corrected chi connectivity index (χ3v) is 8.84. The highest BCUT2D eigenvalue weighted by molar-refractivity contribution is 5.59. The van der Waals surface area contributed by atoms with Crippen LogP contribution in [0.5, 0.6) is 11.5 Å². The summed E-state index contributed by atoms with van der Waals surface area (Å²) < 4.78 is 12.1. The smallest absolute Gasteiger partial charge is 0.125 e. The van der Waals surface area contributed by atoms with Gasteiger partial charge in [-0.15, -0.1) is 0 Å². The number of fused-ring (bicyclic) bond motifs is 1. The molecule has 6 rings (SSSR count). The number of aromatic hydroxyl groups is 1. The normalized spacial score (nSPS) is 24.6. The van der Waals surface area contributed by atoms with Crippen molar-refractivity contribution >= 4 is 12.0 Å². The van der Waals surface area contributed by atoms with Crippen LogP contribution in [0.3, 0.4) is 0 Å². The molecule has 5 nitrogen and oxygen atoms in total. The van der Waals surface area contributed by atoms with Crippen LogP contribution in [-0.2, 0) is 16.0 Å². The molecule has 0 amide bonds. The summed E-state index contributed by atoms with van der Waals surface area (Å²) in [6.07, 6.45) is 5.76. The summed E-state index contributed by atoms with van der Waals surface area (Å²) in [5, 5.41) is 10.2. The fraction of sp³-hybridized carbons (Fsp3) is 0.406. The van der Waals surface area contributed by atoms with Gasteiger partial charge in [0.15, 0.2) is 0 Å². The van der Waals surface area contributed by atoms with Crippen LogP contribution >= 0.6 is 0 Å². The van der Waals surface area contributed by atoms with Gasteiger partial charge in [0.2, 0.25) is 0 Å². The molecule has 1 spiro atoms. The van der Waals surface area contributed by atoms with Crippen LogP contribution in [-0.4, -0.2) is 43.8 Å². The Balaban J connectivity index is 1.32. The summed E-state index contributed by atoms with van der Waals surface area (Å²) >= 11 is 0. The van der Waals surface area contributed by atoms with Crippen molar-refractivity contribution in [2.24, 2.45) is 5.92 Å². The number of nitrogens with zero attached hydrogens (tertiary/aromatic N) is 1. The van der Waals surface area contributed by atoms with Crippen molar-refractivity contribution in [3.63, 3.8) is 0 Å². The van der Waals surface area contributed by atoms with E-state index >= 15 is 0 Å². The first-order chi connectivity index (χ1) is 18.1. The third kappa shape index (κ3) is 4.50. The molecule has 2 saturated heterocycles. The maximum atomic E-state index is 11.2. The average Bonchev–Trinajstić information content (AvgIpc) is 3.35. The standard InChI is InChI=1S/C32H35NO4/c1-36-30-18-25(33-15-13-32(14-16-33)19-22(20-34)21-37-32)8-11-29(30)31-27(23-5-3-2-4-6-23)10-7-24-17-26(35)9-12-28(24)31/h2-6,8-9,11-12,17-18,20,22,27,31,35H,7,10,13-16,19,21H2,1H3/t22?,27-,31+/m1/s1. The Labute approximate surface area is 219 Å². The van der Waals surface area contributed by atoms with E-state index in [1.165, 1.54) is 27.9 Å². The van der Waals surface area contributed by atoms with Gasteiger partial charge >= 0.3 is 0 Å². The van der Waals surface area contributed by atoms with E-state index in [1.54, 1.807) is 7.11 Å². The molecule has 3 aromatic carbocycles. The lowest BCUT2D eigenvalue weighted by molar-refractivity contribution is -0.111. The fourth-order valence-electron chi connectivity index (χ4n) is 6.89. The van der Waals surface area contributed by atoms with E-state index in [2.05, 4.69) is 59.5 Å². The fourth-order valence-corrected chi connectivity index (χ4v) is 6.89. The number of phenolic OH excluding ortho intramolecular Hbond substituents is 1. The SMILES string of the molecule is COc1cc(N2CCC3(CC2)CC(C=O)CO3)ccc1[C@@H]1c2ccc(O)cc2CC[C@@H]1c1ccccc1. The van der Waals surface area contributed by atoms with Gasteiger partial charge in [-0.3, -0.25) is 0 Å². The number of piperidine rings is 1. The molecule has 3 aliphatic rings. The number of aldehydes is 1. The zero-order valence-electron chi connectivity index (χ0n) is 21.4. The number of ether oxygens (including phenoxy) is 2. The van der Waals surface area contributed by atoms with E-state index in [0.717, 1.165) is 57.2 Å². The first-order valence-corrected chi connectivity index (χ1v) is 13.5. The Bertz CT molecular complexity index is 1270. The molecule has 0 saturated carbocycles. The monoisotopic (exact) mass is 497 g/mol. The lowest BCUT2D eigenvalue weighted by Gasteiger charge is -2.40. The number of aryl methyl sites for hydroxylation is 1.